The molecule has 4 saturated carbocycles. The fourth-order valence-corrected chi connectivity index (χ4v) is 16.5. The first-order chi connectivity index (χ1) is 38.1. The van der Waals surface area contributed by atoms with E-state index in [9.17, 15) is 0 Å². The quantitative estimate of drug-likeness (QED) is 0.161. The summed E-state index contributed by atoms with van der Waals surface area (Å²) >= 11 is 0. The third-order valence-electron chi connectivity index (χ3n) is 19.4. The van der Waals surface area contributed by atoms with Gasteiger partial charge in [0, 0.05) is 22.1 Å². The lowest BCUT2D eigenvalue weighted by Gasteiger charge is -2.65. The Morgan fingerprint density at radius 1 is 0.260 bits per heavy atom. The number of nitrogens with zero attached hydrogens (tertiary/aromatic N) is 3. The van der Waals surface area contributed by atoms with Crippen LogP contribution in [-0.2, 0) is 10.8 Å². The molecule has 0 saturated heterocycles. The van der Waals surface area contributed by atoms with Crippen LogP contribution in [0.2, 0.25) is 0 Å². The lowest BCUT2D eigenvalue weighted by Crippen LogP contribution is -2.59. The van der Waals surface area contributed by atoms with Gasteiger partial charge in [-0.2, -0.15) is 0 Å². The van der Waals surface area contributed by atoms with Crippen LogP contribution in [0.3, 0.4) is 0 Å². The van der Waals surface area contributed by atoms with Crippen molar-refractivity contribution in [2.24, 2.45) is 23.7 Å². The predicted molar refractivity (Wildman–Crippen MR) is 315 cm³/mol. The Labute approximate surface area is 449 Å². The van der Waals surface area contributed by atoms with Crippen LogP contribution in [0.25, 0.3) is 99.9 Å². The van der Waals surface area contributed by atoms with E-state index in [1.54, 1.807) is 11.1 Å². The van der Waals surface area contributed by atoms with Crippen molar-refractivity contribution in [3.05, 3.63) is 270 Å². The molecular formula is C74H53N3. The molecule has 364 valence electrons. The molecule has 1 heterocycles. The minimum Gasteiger partial charge on any atom is -0.208 e. The number of hydrogen-bond donors (Lipinski definition) is 0. The average molecular weight is 984 g/mol. The van der Waals surface area contributed by atoms with Gasteiger partial charge in [0.05, 0.1) is 5.41 Å². The highest BCUT2D eigenvalue weighted by Crippen LogP contribution is 2.71. The summed E-state index contributed by atoms with van der Waals surface area (Å²) in [6, 6.07) is 88.4. The Kier molecular flexibility index (Phi) is 9.23. The standard InChI is InChI=1S/C74H53N3/c1-2-14-49(15-3-1)70-75-71(50-30-26-47(27-31-50)52-34-36-60-58-18-5-4-16-56(58)57-17-6-7-19-59(57)63(60)43-52)77-72(76-70)51-32-28-48(29-33-51)53-35-37-68-69(44-53)74(64-22-10-8-20-61(64)62-21-9-11-23-65(62)74)67-25-13-12-24-66(67)73(68)54-39-45-38-46(41-54)42-55(73)40-45/h1-37,43-46,54-55H,38-42H2. The van der Waals surface area contributed by atoms with E-state index in [2.05, 4.69) is 218 Å². The zero-order valence-electron chi connectivity index (χ0n) is 42.7. The van der Waals surface area contributed by atoms with Crippen molar-refractivity contribution < 1.29 is 0 Å². The van der Waals surface area contributed by atoms with Crippen LogP contribution >= 0.6 is 0 Å². The van der Waals surface area contributed by atoms with E-state index < -0.39 is 5.41 Å². The molecule has 0 amide bonds. The molecule has 2 spiro atoms. The second-order valence-electron chi connectivity index (χ2n) is 23.0. The van der Waals surface area contributed by atoms with Gasteiger partial charge in [-0.05, 0) is 167 Å². The maximum Gasteiger partial charge on any atom is 0.164 e. The summed E-state index contributed by atoms with van der Waals surface area (Å²) in [5, 5.41) is 7.66. The van der Waals surface area contributed by atoms with Gasteiger partial charge in [0.1, 0.15) is 0 Å². The number of benzene rings is 11. The third kappa shape index (κ3) is 6.11. The predicted octanol–water partition coefficient (Wildman–Crippen LogP) is 18.1. The van der Waals surface area contributed by atoms with Crippen molar-refractivity contribution >= 4 is 32.3 Å². The van der Waals surface area contributed by atoms with Gasteiger partial charge in [-0.1, -0.05) is 224 Å². The highest BCUT2D eigenvalue weighted by Gasteiger charge is 2.64. The van der Waals surface area contributed by atoms with Gasteiger partial charge in [0.15, 0.2) is 17.5 Å². The zero-order valence-corrected chi connectivity index (χ0v) is 42.7. The maximum absolute atomic E-state index is 5.24. The van der Waals surface area contributed by atoms with E-state index in [0.717, 1.165) is 34.1 Å². The fraction of sp³-hybridized carbons (Fsp3) is 0.149. The van der Waals surface area contributed by atoms with Crippen molar-refractivity contribution in [2.75, 3.05) is 0 Å². The molecule has 0 atom stereocenters. The van der Waals surface area contributed by atoms with Gasteiger partial charge in [-0.15, -0.1) is 0 Å². The smallest absolute Gasteiger partial charge is 0.164 e. The molecule has 0 N–H and O–H groups in total. The summed E-state index contributed by atoms with van der Waals surface area (Å²) in [5.41, 5.74) is 18.9. The highest BCUT2D eigenvalue weighted by molar-refractivity contribution is 6.25. The van der Waals surface area contributed by atoms with Gasteiger partial charge < -0.3 is 0 Å². The molecule has 1 aromatic heterocycles. The van der Waals surface area contributed by atoms with E-state index >= 15 is 0 Å². The van der Waals surface area contributed by atoms with Crippen LogP contribution in [0.5, 0.6) is 0 Å². The number of rotatable bonds is 5. The molecule has 6 aliphatic carbocycles. The average Bonchev–Trinajstić information content (AvgIpc) is 3.92. The first-order valence-electron chi connectivity index (χ1n) is 27.9. The van der Waals surface area contributed by atoms with Crippen molar-refractivity contribution in [3.63, 3.8) is 0 Å². The molecule has 12 aromatic rings. The third-order valence-corrected chi connectivity index (χ3v) is 19.4. The van der Waals surface area contributed by atoms with Crippen LogP contribution in [-0.4, -0.2) is 15.0 Å². The minimum absolute atomic E-state index is 0.00806. The van der Waals surface area contributed by atoms with Crippen molar-refractivity contribution in [1.82, 2.24) is 15.0 Å². The summed E-state index contributed by atoms with van der Waals surface area (Å²) in [4.78, 5) is 15.6. The van der Waals surface area contributed by atoms with Crippen LogP contribution in [0.4, 0.5) is 0 Å². The van der Waals surface area contributed by atoms with Crippen molar-refractivity contribution in [1.29, 1.82) is 0 Å². The van der Waals surface area contributed by atoms with Crippen LogP contribution in [0, 0.1) is 23.7 Å². The first-order valence-corrected chi connectivity index (χ1v) is 27.9. The zero-order chi connectivity index (χ0) is 50.4. The summed E-state index contributed by atoms with van der Waals surface area (Å²) in [6.07, 6.45) is 6.83. The molecule has 6 aliphatic rings. The van der Waals surface area contributed by atoms with E-state index in [1.807, 2.05) is 18.2 Å². The second-order valence-corrected chi connectivity index (χ2v) is 23.0. The molecule has 4 fully saturated rings. The van der Waals surface area contributed by atoms with Gasteiger partial charge >= 0.3 is 0 Å². The Morgan fingerprint density at radius 3 is 1.18 bits per heavy atom. The molecule has 18 rings (SSSR count). The summed E-state index contributed by atoms with van der Waals surface area (Å²) in [7, 11) is 0. The number of hydrogen-bond acceptors (Lipinski definition) is 3. The molecule has 77 heavy (non-hydrogen) atoms. The lowest BCUT2D eigenvalue weighted by atomic mass is 9.38. The normalized spacial score (nSPS) is 20.9. The van der Waals surface area contributed by atoms with Crippen molar-refractivity contribution in [3.8, 4) is 67.5 Å². The van der Waals surface area contributed by atoms with E-state index in [0.29, 0.717) is 29.3 Å². The maximum atomic E-state index is 5.24. The lowest BCUT2D eigenvalue weighted by molar-refractivity contribution is -0.0440. The fourth-order valence-electron chi connectivity index (χ4n) is 16.5. The first kappa shape index (κ1) is 43.4. The van der Waals surface area contributed by atoms with E-state index in [1.165, 1.54) is 114 Å². The van der Waals surface area contributed by atoms with Gasteiger partial charge in [0.2, 0.25) is 0 Å². The Bertz CT molecular complexity index is 4290. The van der Waals surface area contributed by atoms with Gasteiger partial charge in [-0.3, -0.25) is 0 Å². The molecule has 3 heteroatoms. The topological polar surface area (TPSA) is 38.7 Å². The summed E-state index contributed by atoms with van der Waals surface area (Å²) in [6.45, 7) is 0. The Balaban J connectivity index is 0.775. The summed E-state index contributed by atoms with van der Waals surface area (Å²) < 4.78 is 0. The van der Waals surface area contributed by atoms with E-state index in [4.69, 9.17) is 15.0 Å². The molecule has 4 bridgehead atoms. The second kappa shape index (κ2) is 16.4. The van der Waals surface area contributed by atoms with E-state index in [-0.39, 0.29) is 5.41 Å². The Morgan fingerprint density at radius 2 is 0.636 bits per heavy atom. The van der Waals surface area contributed by atoms with Gasteiger partial charge in [-0.25, -0.2) is 15.0 Å². The molecule has 0 unspecified atom stereocenters. The molecule has 3 nitrogen and oxygen atoms in total. The minimum atomic E-state index is -0.429. The van der Waals surface area contributed by atoms with Crippen LogP contribution in [0.15, 0.2) is 237 Å². The Hall–Kier alpha value is -8.79. The SMILES string of the molecule is c1ccc(-c2nc(-c3ccc(-c4ccc5c(c4)C4(c6ccccc6-c6ccccc64)c4ccccc4C54C5CC6CC(C5)CC4C6)cc3)nc(-c3ccc(-c4ccc5c6ccccc6c6ccccc6c5c4)cc3)n2)cc1. The highest BCUT2D eigenvalue weighted by atomic mass is 15.0. The van der Waals surface area contributed by atoms with Crippen LogP contribution < -0.4 is 0 Å². The number of aromatic nitrogens is 3. The van der Waals surface area contributed by atoms with Gasteiger partial charge in [0.25, 0.3) is 0 Å². The summed E-state index contributed by atoms with van der Waals surface area (Å²) in [5.74, 6) is 5.01. The number of fused-ring (bicyclic) bond motifs is 15. The molecular weight excluding hydrogens is 931 g/mol. The van der Waals surface area contributed by atoms with Crippen molar-refractivity contribution in [2.45, 2.75) is 42.9 Å². The van der Waals surface area contributed by atoms with Crippen LogP contribution in [0.1, 0.15) is 65.5 Å². The molecule has 0 aliphatic heterocycles. The largest absolute Gasteiger partial charge is 0.208 e. The molecule has 11 aromatic carbocycles. The molecule has 0 radical (unpaired) electrons. The monoisotopic (exact) mass is 983 g/mol.